The zero-order chi connectivity index (χ0) is 11.5. The number of hydrogen-bond donors (Lipinski definition) is 2. The van der Waals surface area contributed by atoms with Crippen LogP contribution in [0.5, 0.6) is 0 Å². The maximum Gasteiger partial charge on any atom is 0.138 e. The van der Waals surface area contributed by atoms with Gasteiger partial charge in [0, 0.05) is 17.8 Å². The SMILES string of the molecule is CNCc1nc(-c2ccccc2C)[nH]c1C. The number of H-pyrrole nitrogens is 1. The van der Waals surface area contributed by atoms with Gasteiger partial charge in [-0.25, -0.2) is 4.98 Å². The number of hydrogen-bond acceptors (Lipinski definition) is 2. The second kappa shape index (κ2) is 4.49. The fraction of sp³-hybridized carbons (Fsp3) is 0.308. The van der Waals surface area contributed by atoms with E-state index in [-0.39, 0.29) is 0 Å². The largest absolute Gasteiger partial charge is 0.342 e. The second-order valence-electron chi connectivity index (χ2n) is 4.00. The van der Waals surface area contributed by atoms with Gasteiger partial charge in [-0.2, -0.15) is 0 Å². The summed E-state index contributed by atoms with van der Waals surface area (Å²) >= 11 is 0. The highest BCUT2D eigenvalue weighted by molar-refractivity contribution is 5.60. The molecule has 0 unspecified atom stereocenters. The van der Waals surface area contributed by atoms with Gasteiger partial charge in [0.1, 0.15) is 5.82 Å². The third-order valence-corrected chi connectivity index (χ3v) is 2.73. The van der Waals surface area contributed by atoms with Crippen molar-refractivity contribution in [2.24, 2.45) is 0 Å². The van der Waals surface area contributed by atoms with Crippen LogP contribution in [-0.2, 0) is 6.54 Å². The molecule has 1 heterocycles. The number of aromatic amines is 1. The topological polar surface area (TPSA) is 40.7 Å². The molecule has 0 aliphatic rings. The Hall–Kier alpha value is -1.61. The van der Waals surface area contributed by atoms with Crippen molar-refractivity contribution in [2.45, 2.75) is 20.4 Å². The number of nitrogens with zero attached hydrogens (tertiary/aromatic N) is 1. The molecular formula is C13H17N3. The van der Waals surface area contributed by atoms with Crippen LogP contribution in [0.15, 0.2) is 24.3 Å². The maximum absolute atomic E-state index is 4.61. The molecule has 0 saturated heterocycles. The molecule has 3 nitrogen and oxygen atoms in total. The first-order chi connectivity index (χ1) is 7.72. The summed E-state index contributed by atoms with van der Waals surface area (Å²) in [4.78, 5) is 7.95. The minimum Gasteiger partial charge on any atom is -0.342 e. The van der Waals surface area contributed by atoms with E-state index in [4.69, 9.17) is 0 Å². The lowest BCUT2D eigenvalue weighted by Gasteiger charge is -2.00. The summed E-state index contributed by atoms with van der Waals surface area (Å²) in [5.74, 6) is 0.959. The van der Waals surface area contributed by atoms with Crippen LogP contribution in [0.1, 0.15) is 17.0 Å². The first kappa shape index (κ1) is 10.9. The first-order valence-electron chi connectivity index (χ1n) is 5.48. The molecule has 1 aromatic heterocycles. The van der Waals surface area contributed by atoms with Crippen LogP contribution < -0.4 is 5.32 Å². The Bertz CT molecular complexity index is 486. The third kappa shape index (κ3) is 1.99. The zero-order valence-electron chi connectivity index (χ0n) is 9.96. The quantitative estimate of drug-likeness (QED) is 0.825. The summed E-state index contributed by atoms with van der Waals surface area (Å²) in [6.45, 7) is 4.96. The Balaban J connectivity index is 2.42. The predicted molar refractivity (Wildman–Crippen MR) is 66.3 cm³/mol. The summed E-state index contributed by atoms with van der Waals surface area (Å²) < 4.78 is 0. The summed E-state index contributed by atoms with van der Waals surface area (Å²) in [7, 11) is 1.93. The maximum atomic E-state index is 4.61. The fourth-order valence-electron chi connectivity index (χ4n) is 1.80. The van der Waals surface area contributed by atoms with Gasteiger partial charge in [0.25, 0.3) is 0 Å². The van der Waals surface area contributed by atoms with E-state index in [1.165, 1.54) is 11.1 Å². The Morgan fingerprint density at radius 1 is 1.25 bits per heavy atom. The average molecular weight is 215 g/mol. The number of aromatic nitrogens is 2. The van der Waals surface area contributed by atoms with Gasteiger partial charge in [-0.3, -0.25) is 0 Å². The number of benzene rings is 1. The number of nitrogens with one attached hydrogen (secondary N) is 2. The molecule has 0 saturated carbocycles. The van der Waals surface area contributed by atoms with Crippen molar-refractivity contribution in [3.63, 3.8) is 0 Å². The molecule has 16 heavy (non-hydrogen) atoms. The molecular weight excluding hydrogens is 198 g/mol. The zero-order valence-corrected chi connectivity index (χ0v) is 9.96. The number of aryl methyl sites for hydroxylation is 2. The van der Waals surface area contributed by atoms with Gasteiger partial charge in [-0.05, 0) is 26.5 Å². The van der Waals surface area contributed by atoms with Crippen LogP contribution in [0.25, 0.3) is 11.4 Å². The van der Waals surface area contributed by atoms with E-state index in [2.05, 4.69) is 41.3 Å². The molecule has 0 radical (unpaired) electrons. The highest BCUT2D eigenvalue weighted by Crippen LogP contribution is 2.21. The van der Waals surface area contributed by atoms with E-state index in [9.17, 15) is 0 Å². The van der Waals surface area contributed by atoms with Crippen molar-refractivity contribution in [2.75, 3.05) is 7.05 Å². The van der Waals surface area contributed by atoms with E-state index in [0.717, 1.165) is 23.8 Å². The molecule has 0 bridgehead atoms. The van der Waals surface area contributed by atoms with Gasteiger partial charge in [0.2, 0.25) is 0 Å². The predicted octanol–water partition coefficient (Wildman–Crippen LogP) is 2.41. The highest BCUT2D eigenvalue weighted by atomic mass is 15.0. The van der Waals surface area contributed by atoms with E-state index >= 15 is 0 Å². The van der Waals surface area contributed by atoms with E-state index in [0.29, 0.717) is 0 Å². The average Bonchev–Trinajstić information content (AvgIpc) is 2.61. The normalized spacial score (nSPS) is 10.7. The van der Waals surface area contributed by atoms with E-state index in [1.807, 2.05) is 19.2 Å². The van der Waals surface area contributed by atoms with E-state index < -0.39 is 0 Å². The molecule has 0 aliphatic heterocycles. The fourth-order valence-corrected chi connectivity index (χ4v) is 1.80. The van der Waals surface area contributed by atoms with E-state index in [1.54, 1.807) is 0 Å². The number of rotatable bonds is 3. The summed E-state index contributed by atoms with van der Waals surface area (Å²) in [5, 5.41) is 3.12. The molecule has 0 fully saturated rings. The lowest BCUT2D eigenvalue weighted by molar-refractivity contribution is 0.791. The molecule has 0 spiro atoms. The van der Waals surface area contributed by atoms with Crippen molar-refractivity contribution in [3.05, 3.63) is 41.2 Å². The van der Waals surface area contributed by atoms with Crippen molar-refractivity contribution >= 4 is 0 Å². The Morgan fingerprint density at radius 2 is 2.00 bits per heavy atom. The van der Waals surface area contributed by atoms with Gasteiger partial charge < -0.3 is 10.3 Å². The monoisotopic (exact) mass is 215 g/mol. The summed E-state index contributed by atoms with van der Waals surface area (Å²) in [6.07, 6.45) is 0. The van der Waals surface area contributed by atoms with Gasteiger partial charge in [-0.15, -0.1) is 0 Å². The lowest BCUT2D eigenvalue weighted by Crippen LogP contribution is -2.06. The van der Waals surface area contributed by atoms with Crippen molar-refractivity contribution in [1.82, 2.24) is 15.3 Å². The van der Waals surface area contributed by atoms with Crippen LogP contribution >= 0.6 is 0 Å². The Morgan fingerprint density at radius 3 is 2.69 bits per heavy atom. The first-order valence-corrected chi connectivity index (χ1v) is 5.48. The molecule has 84 valence electrons. The molecule has 0 amide bonds. The summed E-state index contributed by atoms with van der Waals surface area (Å²) in [6, 6.07) is 8.28. The van der Waals surface area contributed by atoms with Crippen LogP contribution in [0.4, 0.5) is 0 Å². The molecule has 0 atom stereocenters. The van der Waals surface area contributed by atoms with Crippen LogP contribution in [0.3, 0.4) is 0 Å². The second-order valence-corrected chi connectivity index (χ2v) is 4.00. The molecule has 2 aromatic rings. The van der Waals surface area contributed by atoms with Crippen molar-refractivity contribution in [1.29, 1.82) is 0 Å². The molecule has 3 heteroatoms. The molecule has 1 aromatic carbocycles. The van der Waals surface area contributed by atoms with Crippen molar-refractivity contribution < 1.29 is 0 Å². The van der Waals surface area contributed by atoms with Gasteiger partial charge >= 0.3 is 0 Å². The number of imidazole rings is 1. The Kier molecular flexibility index (Phi) is 3.06. The van der Waals surface area contributed by atoms with Gasteiger partial charge in [0.05, 0.1) is 5.69 Å². The van der Waals surface area contributed by atoms with Crippen LogP contribution in [0.2, 0.25) is 0 Å². The van der Waals surface area contributed by atoms with Gasteiger partial charge in [-0.1, -0.05) is 24.3 Å². The van der Waals surface area contributed by atoms with Crippen molar-refractivity contribution in [3.8, 4) is 11.4 Å². The lowest BCUT2D eigenvalue weighted by atomic mass is 10.1. The summed E-state index contributed by atoms with van der Waals surface area (Å²) in [5.41, 5.74) is 4.63. The Labute approximate surface area is 95.9 Å². The standard InChI is InChI=1S/C13H17N3/c1-9-6-4-5-7-11(9)13-15-10(2)12(16-13)8-14-3/h4-7,14H,8H2,1-3H3,(H,15,16). The van der Waals surface area contributed by atoms with Crippen LogP contribution in [0, 0.1) is 13.8 Å². The minimum atomic E-state index is 0.800. The third-order valence-electron chi connectivity index (χ3n) is 2.73. The van der Waals surface area contributed by atoms with Gasteiger partial charge in [0.15, 0.2) is 0 Å². The smallest absolute Gasteiger partial charge is 0.138 e. The van der Waals surface area contributed by atoms with Crippen LogP contribution in [-0.4, -0.2) is 17.0 Å². The molecule has 0 aliphatic carbocycles. The minimum absolute atomic E-state index is 0.800. The molecule has 2 rings (SSSR count). The highest BCUT2D eigenvalue weighted by Gasteiger charge is 2.08. The molecule has 2 N–H and O–H groups in total.